The number of rotatable bonds is 4. The first-order chi connectivity index (χ1) is 16.0. The zero-order valence-electron chi connectivity index (χ0n) is 20.0. The fourth-order valence-electron chi connectivity index (χ4n) is 5.89. The Morgan fingerprint density at radius 1 is 1.09 bits per heavy atom. The van der Waals surface area contributed by atoms with Gasteiger partial charge in [-0.05, 0) is 45.1 Å². The molecule has 2 atom stereocenters. The van der Waals surface area contributed by atoms with Crippen LogP contribution in [0.15, 0.2) is 29.1 Å². The Bertz CT molecular complexity index is 1050. The van der Waals surface area contributed by atoms with Crippen LogP contribution in [0.5, 0.6) is 0 Å². The maximum absolute atomic E-state index is 13.2. The summed E-state index contributed by atoms with van der Waals surface area (Å²) in [5, 5.41) is 0. The van der Waals surface area contributed by atoms with E-state index in [2.05, 4.69) is 28.9 Å². The number of aromatic nitrogens is 2. The van der Waals surface area contributed by atoms with Gasteiger partial charge >= 0.3 is 0 Å². The highest BCUT2D eigenvalue weighted by Crippen LogP contribution is 2.30. The zero-order chi connectivity index (χ0) is 22.9. The van der Waals surface area contributed by atoms with Gasteiger partial charge in [-0.15, -0.1) is 0 Å². The Balaban J connectivity index is 1.28. The van der Waals surface area contributed by atoms with Gasteiger partial charge in [0.05, 0.1) is 11.6 Å². The molecule has 1 N–H and O–H groups in total. The van der Waals surface area contributed by atoms with Crippen LogP contribution in [0.4, 0.5) is 0 Å². The van der Waals surface area contributed by atoms with E-state index in [-0.39, 0.29) is 23.3 Å². The Kier molecular flexibility index (Phi) is 6.37. The van der Waals surface area contributed by atoms with E-state index in [1.165, 1.54) is 37.7 Å². The van der Waals surface area contributed by atoms with E-state index in [0.29, 0.717) is 19.1 Å². The van der Waals surface area contributed by atoms with Crippen molar-refractivity contribution >= 4 is 5.91 Å². The number of H-pyrrole nitrogens is 1. The summed E-state index contributed by atoms with van der Waals surface area (Å²) in [6.07, 6.45) is 8.15. The summed E-state index contributed by atoms with van der Waals surface area (Å²) in [7, 11) is 0. The summed E-state index contributed by atoms with van der Waals surface area (Å²) >= 11 is 0. The second-order valence-corrected chi connectivity index (χ2v) is 10.3. The predicted molar refractivity (Wildman–Crippen MR) is 129 cm³/mol. The molecule has 1 saturated heterocycles. The van der Waals surface area contributed by atoms with Crippen molar-refractivity contribution in [2.45, 2.75) is 83.2 Å². The van der Waals surface area contributed by atoms with Gasteiger partial charge in [0, 0.05) is 43.7 Å². The lowest BCUT2D eigenvalue weighted by Crippen LogP contribution is -2.42. The SMILES string of the molecule is Cc1ccc([C@H](C)C(=O)N2CC[C@@H](c3nc4c(c(=O)[nH]3)CCN(C3CCCCC3)C4)C2)cc1. The molecule has 5 rings (SSSR count). The Morgan fingerprint density at radius 3 is 2.61 bits per heavy atom. The first-order valence-electron chi connectivity index (χ1n) is 12.7. The molecule has 1 aliphatic carbocycles. The minimum Gasteiger partial charge on any atom is -0.341 e. The van der Waals surface area contributed by atoms with E-state index in [9.17, 15) is 9.59 Å². The fourth-order valence-corrected chi connectivity index (χ4v) is 5.89. The summed E-state index contributed by atoms with van der Waals surface area (Å²) < 4.78 is 0. The van der Waals surface area contributed by atoms with Gasteiger partial charge < -0.3 is 9.88 Å². The second-order valence-electron chi connectivity index (χ2n) is 10.3. The number of carbonyl (C=O) groups is 1. The van der Waals surface area contributed by atoms with Gasteiger partial charge in [-0.3, -0.25) is 14.5 Å². The number of carbonyl (C=O) groups excluding carboxylic acids is 1. The van der Waals surface area contributed by atoms with Gasteiger partial charge in [-0.25, -0.2) is 4.98 Å². The van der Waals surface area contributed by atoms with Crippen LogP contribution in [0.1, 0.15) is 85.5 Å². The number of benzene rings is 1. The lowest BCUT2D eigenvalue weighted by molar-refractivity contribution is -0.131. The Labute approximate surface area is 196 Å². The number of likely N-dealkylation sites (tertiary alicyclic amines) is 1. The van der Waals surface area contributed by atoms with Crippen LogP contribution >= 0.6 is 0 Å². The molecular weight excluding hydrogens is 412 g/mol. The predicted octanol–water partition coefficient (Wildman–Crippen LogP) is 3.89. The molecule has 2 aromatic rings. The van der Waals surface area contributed by atoms with Crippen LogP contribution in [0.3, 0.4) is 0 Å². The highest BCUT2D eigenvalue weighted by atomic mass is 16.2. The highest BCUT2D eigenvalue weighted by Gasteiger charge is 2.33. The molecule has 2 aliphatic heterocycles. The fraction of sp³-hybridized carbons (Fsp3) is 0.593. The molecule has 33 heavy (non-hydrogen) atoms. The van der Waals surface area contributed by atoms with Crippen LogP contribution in [0, 0.1) is 6.92 Å². The molecule has 6 heteroatoms. The average molecular weight is 449 g/mol. The van der Waals surface area contributed by atoms with E-state index in [1.54, 1.807) is 0 Å². The number of aromatic amines is 1. The molecule has 1 aromatic carbocycles. The summed E-state index contributed by atoms with van der Waals surface area (Å²) in [6, 6.07) is 8.85. The van der Waals surface area contributed by atoms with E-state index < -0.39 is 0 Å². The number of hydrogen-bond donors (Lipinski definition) is 1. The lowest BCUT2D eigenvalue weighted by atomic mass is 9.92. The molecule has 1 saturated carbocycles. The molecule has 1 amide bonds. The summed E-state index contributed by atoms with van der Waals surface area (Å²) in [5.41, 5.74) is 4.10. The number of aryl methyl sites for hydroxylation is 1. The van der Waals surface area contributed by atoms with E-state index >= 15 is 0 Å². The molecule has 176 valence electrons. The molecule has 3 aliphatic rings. The quantitative estimate of drug-likeness (QED) is 0.771. The Hall–Kier alpha value is -2.47. The van der Waals surface area contributed by atoms with E-state index in [1.807, 2.05) is 24.0 Å². The maximum Gasteiger partial charge on any atom is 0.254 e. The topological polar surface area (TPSA) is 69.3 Å². The number of fused-ring (bicyclic) bond motifs is 1. The number of amides is 1. The summed E-state index contributed by atoms with van der Waals surface area (Å²) in [6.45, 7) is 7.14. The highest BCUT2D eigenvalue weighted by molar-refractivity contribution is 5.83. The van der Waals surface area contributed by atoms with Crippen LogP contribution in [-0.4, -0.2) is 51.4 Å². The van der Waals surface area contributed by atoms with Gasteiger partial charge in [0.1, 0.15) is 5.82 Å². The molecule has 3 heterocycles. The third kappa shape index (κ3) is 4.63. The first-order valence-corrected chi connectivity index (χ1v) is 12.7. The summed E-state index contributed by atoms with van der Waals surface area (Å²) in [4.78, 5) is 38.6. The second kappa shape index (κ2) is 9.41. The van der Waals surface area contributed by atoms with Gasteiger partial charge in [-0.2, -0.15) is 0 Å². The largest absolute Gasteiger partial charge is 0.341 e. The standard InChI is InChI=1S/C27H36N4O2/c1-18-8-10-20(11-9-18)19(2)27(33)31-14-12-21(16-31)25-28-24-17-30(22-6-4-3-5-7-22)15-13-23(24)26(32)29-25/h8-11,19,21-22H,3-7,12-17H2,1-2H3,(H,28,29,32)/t19-,21+/m0/s1. The van der Waals surface area contributed by atoms with Gasteiger partial charge in [0.15, 0.2) is 0 Å². The number of nitrogens with zero attached hydrogens (tertiary/aromatic N) is 3. The van der Waals surface area contributed by atoms with Crippen LogP contribution < -0.4 is 5.56 Å². The van der Waals surface area contributed by atoms with Crippen molar-refractivity contribution in [3.05, 3.63) is 62.8 Å². The van der Waals surface area contributed by atoms with Gasteiger partial charge in [-0.1, -0.05) is 49.1 Å². The van der Waals surface area contributed by atoms with Gasteiger partial charge in [0.2, 0.25) is 5.91 Å². The Morgan fingerprint density at radius 2 is 1.85 bits per heavy atom. The minimum absolute atomic E-state index is 0.0242. The van der Waals surface area contributed by atoms with Crippen LogP contribution in [-0.2, 0) is 17.8 Å². The van der Waals surface area contributed by atoms with Crippen molar-refractivity contribution in [3.8, 4) is 0 Å². The molecule has 1 aromatic heterocycles. The smallest absolute Gasteiger partial charge is 0.254 e. The van der Waals surface area contributed by atoms with Crippen molar-refractivity contribution in [1.29, 1.82) is 0 Å². The zero-order valence-corrected chi connectivity index (χ0v) is 20.0. The van der Waals surface area contributed by atoms with Crippen molar-refractivity contribution in [2.24, 2.45) is 0 Å². The van der Waals surface area contributed by atoms with Crippen molar-refractivity contribution in [3.63, 3.8) is 0 Å². The third-order valence-corrected chi connectivity index (χ3v) is 8.05. The average Bonchev–Trinajstić information content (AvgIpc) is 3.34. The minimum atomic E-state index is -0.163. The summed E-state index contributed by atoms with van der Waals surface area (Å²) in [5.74, 6) is 0.860. The van der Waals surface area contributed by atoms with Crippen LogP contribution in [0.25, 0.3) is 0 Å². The van der Waals surface area contributed by atoms with Crippen molar-refractivity contribution in [2.75, 3.05) is 19.6 Å². The van der Waals surface area contributed by atoms with Crippen molar-refractivity contribution < 1.29 is 4.79 Å². The first kappa shape index (κ1) is 22.3. The molecule has 0 radical (unpaired) electrons. The molecule has 2 fully saturated rings. The van der Waals surface area contributed by atoms with Crippen LogP contribution in [0.2, 0.25) is 0 Å². The molecule has 0 bridgehead atoms. The van der Waals surface area contributed by atoms with E-state index in [0.717, 1.165) is 48.6 Å². The molecule has 0 spiro atoms. The van der Waals surface area contributed by atoms with Gasteiger partial charge in [0.25, 0.3) is 5.56 Å². The normalized spacial score (nSPS) is 22.8. The molecule has 6 nitrogen and oxygen atoms in total. The lowest BCUT2D eigenvalue weighted by Gasteiger charge is -2.37. The monoisotopic (exact) mass is 448 g/mol. The number of nitrogens with one attached hydrogen (secondary N) is 1. The number of hydrogen-bond acceptors (Lipinski definition) is 4. The van der Waals surface area contributed by atoms with Crippen molar-refractivity contribution in [1.82, 2.24) is 19.8 Å². The van der Waals surface area contributed by atoms with E-state index in [4.69, 9.17) is 4.98 Å². The third-order valence-electron chi connectivity index (χ3n) is 8.05. The molecule has 0 unspecified atom stereocenters. The maximum atomic E-state index is 13.2. The molecular formula is C27H36N4O2.